The molecule has 9 heteroatoms. The lowest BCUT2D eigenvalue weighted by Crippen LogP contribution is -2.27. The molecular formula is C20H39N7O2. The summed E-state index contributed by atoms with van der Waals surface area (Å²) in [6, 6.07) is 0.432. The highest BCUT2D eigenvalue weighted by molar-refractivity contribution is 5.42. The van der Waals surface area contributed by atoms with E-state index >= 15 is 0 Å². The summed E-state index contributed by atoms with van der Waals surface area (Å²) in [5.41, 5.74) is 5.38. The van der Waals surface area contributed by atoms with Crippen LogP contribution in [0.1, 0.15) is 52.4 Å². The highest BCUT2D eigenvalue weighted by atomic mass is 16.5. The van der Waals surface area contributed by atoms with Crippen molar-refractivity contribution in [3.63, 3.8) is 0 Å². The van der Waals surface area contributed by atoms with Crippen molar-refractivity contribution < 1.29 is 9.47 Å². The lowest BCUT2D eigenvalue weighted by Gasteiger charge is -2.27. The van der Waals surface area contributed by atoms with Gasteiger partial charge in [0.2, 0.25) is 17.8 Å². The molecule has 166 valence electrons. The minimum atomic E-state index is 0.432. The predicted octanol–water partition coefficient (Wildman–Crippen LogP) is 2.48. The number of unbranched alkanes of at least 4 members (excludes halogenated alkanes) is 1. The number of anilines is 3. The Labute approximate surface area is 175 Å². The molecule has 0 spiro atoms. The Kier molecular flexibility index (Phi) is 11.6. The monoisotopic (exact) mass is 409 g/mol. The van der Waals surface area contributed by atoms with E-state index in [2.05, 4.69) is 44.7 Å². The van der Waals surface area contributed by atoms with E-state index in [1.807, 2.05) is 0 Å². The van der Waals surface area contributed by atoms with Crippen LogP contribution in [0.2, 0.25) is 0 Å². The van der Waals surface area contributed by atoms with Crippen LogP contribution in [0.5, 0.6) is 0 Å². The van der Waals surface area contributed by atoms with Crippen LogP contribution in [-0.2, 0) is 9.47 Å². The molecule has 0 aromatic carbocycles. The van der Waals surface area contributed by atoms with Gasteiger partial charge in [-0.15, -0.1) is 0 Å². The molecule has 0 amide bonds. The first-order valence-corrected chi connectivity index (χ1v) is 11.1. The molecule has 0 aliphatic heterocycles. The molecule has 0 bridgehead atoms. The molecule has 0 saturated heterocycles. The van der Waals surface area contributed by atoms with E-state index in [9.17, 15) is 0 Å². The number of ether oxygens (including phenoxy) is 2. The van der Waals surface area contributed by atoms with Crippen LogP contribution in [0.4, 0.5) is 17.8 Å². The average Bonchev–Trinajstić information content (AvgIpc) is 2.72. The van der Waals surface area contributed by atoms with Gasteiger partial charge in [-0.05, 0) is 38.0 Å². The first-order chi connectivity index (χ1) is 14.2. The van der Waals surface area contributed by atoms with Crippen molar-refractivity contribution in [3.8, 4) is 0 Å². The molecule has 1 aromatic heterocycles. The molecular weight excluding hydrogens is 370 g/mol. The van der Waals surface area contributed by atoms with Crippen LogP contribution in [0, 0.1) is 5.92 Å². The van der Waals surface area contributed by atoms with Crippen molar-refractivity contribution in [1.29, 1.82) is 0 Å². The van der Waals surface area contributed by atoms with Gasteiger partial charge < -0.3 is 31.2 Å². The zero-order valence-electron chi connectivity index (χ0n) is 18.1. The van der Waals surface area contributed by atoms with Crippen LogP contribution in [0.15, 0.2) is 0 Å². The van der Waals surface area contributed by atoms with Crippen molar-refractivity contribution in [2.75, 3.05) is 62.0 Å². The number of aromatic nitrogens is 3. The predicted molar refractivity (Wildman–Crippen MR) is 117 cm³/mol. The zero-order valence-corrected chi connectivity index (χ0v) is 18.1. The molecule has 1 saturated carbocycles. The molecule has 29 heavy (non-hydrogen) atoms. The van der Waals surface area contributed by atoms with Crippen LogP contribution in [-0.4, -0.2) is 67.1 Å². The smallest absolute Gasteiger partial charge is 0.229 e. The van der Waals surface area contributed by atoms with Crippen molar-refractivity contribution in [2.45, 2.75) is 58.4 Å². The Morgan fingerprint density at radius 2 is 1.48 bits per heavy atom. The maximum atomic E-state index is 5.54. The average molecular weight is 410 g/mol. The summed E-state index contributed by atoms with van der Waals surface area (Å²) in [5.74, 6) is 2.63. The van der Waals surface area contributed by atoms with Crippen molar-refractivity contribution in [1.82, 2.24) is 15.0 Å². The SMILES string of the molecule is CCCCNc1nc(NCCOCCOCCN)nc(NC2CCC(C)CC2)n1. The van der Waals surface area contributed by atoms with Gasteiger partial charge in [-0.3, -0.25) is 0 Å². The second kappa shape index (κ2) is 14.3. The number of nitrogens with one attached hydrogen (secondary N) is 3. The third-order valence-corrected chi connectivity index (χ3v) is 4.96. The molecule has 1 fully saturated rings. The number of hydrogen-bond acceptors (Lipinski definition) is 9. The van der Waals surface area contributed by atoms with E-state index in [0.29, 0.717) is 63.4 Å². The number of nitrogens with zero attached hydrogens (tertiary/aromatic N) is 3. The van der Waals surface area contributed by atoms with E-state index < -0.39 is 0 Å². The molecule has 5 N–H and O–H groups in total. The highest BCUT2D eigenvalue weighted by Crippen LogP contribution is 2.25. The topological polar surface area (TPSA) is 119 Å². The fourth-order valence-corrected chi connectivity index (χ4v) is 3.20. The fraction of sp³-hybridized carbons (Fsp3) is 0.850. The molecule has 1 heterocycles. The maximum absolute atomic E-state index is 5.54. The number of hydrogen-bond donors (Lipinski definition) is 4. The normalized spacial score (nSPS) is 19.1. The summed E-state index contributed by atoms with van der Waals surface area (Å²) in [6.45, 7) is 8.73. The second-order valence-electron chi connectivity index (χ2n) is 7.63. The molecule has 1 aliphatic rings. The summed E-state index contributed by atoms with van der Waals surface area (Å²) in [4.78, 5) is 13.6. The third-order valence-electron chi connectivity index (χ3n) is 4.96. The first-order valence-electron chi connectivity index (χ1n) is 11.1. The highest BCUT2D eigenvalue weighted by Gasteiger charge is 2.19. The zero-order chi connectivity index (χ0) is 20.7. The van der Waals surface area contributed by atoms with E-state index in [1.165, 1.54) is 12.8 Å². The van der Waals surface area contributed by atoms with Crippen LogP contribution in [0.3, 0.4) is 0 Å². The Hall–Kier alpha value is -1.71. The molecule has 1 aliphatic carbocycles. The fourth-order valence-electron chi connectivity index (χ4n) is 3.20. The maximum Gasteiger partial charge on any atom is 0.229 e. The largest absolute Gasteiger partial charge is 0.378 e. The minimum Gasteiger partial charge on any atom is -0.378 e. The first kappa shape index (κ1) is 23.6. The Balaban J connectivity index is 1.83. The lowest BCUT2D eigenvalue weighted by molar-refractivity contribution is 0.0547. The molecule has 0 radical (unpaired) electrons. The van der Waals surface area contributed by atoms with E-state index in [1.54, 1.807) is 0 Å². The van der Waals surface area contributed by atoms with Gasteiger partial charge in [0.05, 0.1) is 26.4 Å². The van der Waals surface area contributed by atoms with Gasteiger partial charge in [-0.1, -0.05) is 20.3 Å². The van der Waals surface area contributed by atoms with Gasteiger partial charge in [0, 0.05) is 25.7 Å². The Morgan fingerprint density at radius 1 is 0.862 bits per heavy atom. The lowest BCUT2D eigenvalue weighted by atomic mass is 9.87. The standard InChI is InChI=1S/C20H39N7O2/c1-3-4-10-22-18-25-19(23-11-13-29-15-14-28-12-9-21)27-20(26-18)24-17-7-5-16(2)6-8-17/h16-17H,3-15,21H2,1-2H3,(H3,22,23,24,25,26,27). The van der Waals surface area contributed by atoms with Crippen molar-refractivity contribution >= 4 is 17.8 Å². The van der Waals surface area contributed by atoms with Gasteiger partial charge in [0.25, 0.3) is 0 Å². The molecule has 9 nitrogen and oxygen atoms in total. The van der Waals surface area contributed by atoms with Gasteiger partial charge in [-0.25, -0.2) is 0 Å². The Morgan fingerprint density at radius 3 is 2.14 bits per heavy atom. The molecule has 0 unspecified atom stereocenters. The molecule has 0 atom stereocenters. The third kappa shape index (κ3) is 10.0. The van der Waals surface area contributed by atoms with Gasteiger partial charge >= 0.3 is 0 Å². The second-order valence-corrected chi connectivity index (χ2v) is 7.63. The van der Waals surface area contributed by atoms with Gasteiger partial charge in [-0.2, -0.15) is 15.0 Å². The van der Waals surface area contributed by atoms with E-state index in [0.717, 1.165) is 38.1 Å². The minimum absolute atomic E-state index is 0.432. The summed E-state index contributed by atoms with van der Waals surface area (Å²) in [5, 5.41) is 10.0. The molecule has 1 aromatic rings. The number of rotatable bonds is 15. The van der Waals surface area contributed by atoms with Crippen LogP contribution < -0.4 is 21.7 Å². The van der Waals surface area contributed by atoms with E-state index in [-0.39, 0.29) is 0 Å². The van der Waals surface area contributed by atoms with Crippen molar-refractivity contribution in [3.05, 3.63) is 0 Å². The van der Waals surface area contributed by atoms with Crippen molar-refractivity contribution in [2.24, 2.45) is 11.7 Å². The van der Waals surface area contributed by atoms with Gasteiger partial charge in [0.15, 0.2) is 0 Å². The quantitative estimate of drug-likeness (QED) is 0.324. The summed E-state index contributed by atoms with van der Waals surface area (Å²) >= 11 is 0. The number of nitrogens with two attached hydrogens (primary N) is 1. The van der Waals surface area contributed by atoms with Crippen LogP contribution in [0.25, 0.3) is 0 Å². The van der Waals surface area contributed by atoms with Gasteiger partial charge in [0.1, 0.15) is 0 Å². The summed E-state index contributed by atoms with van der Waals surface area (Å²) in [6.07, 6.45) is 7.03. The molecule has 2 rings (SSSR count). The van der Waals surface area contributed by atoms with Crippen LogP contribution >= 0.6 is 0 Å². The summed E-state index contributed by atoms with van der Waals surface area (Å²) < 4.78 is 10.8. The Bertz CT molecular complexity index is 554. The van der Waals surface area contributed by atoms with E-state index in [4.69, 9.17) is 15.2 Å². The summed E-state index contributed by atoms with van der Waals surface area (Å²) in [7, 11) is 0.